The molecule has 1 aliphatic rings. The highest BCUT2D eigenvalue weighted by Crippen LogP contribution is 2.34. The minimum Gasteiger partial charge on any atom is -0.346 e. The number of likely N-dealkylation sites (N-methyl/N-ethyl adjacent to an activating group) is 1. The molecule has 1 aromatic carbocycles. The molecule has 0 bridgehead atoms. The average Bonchev–Trinajstić information content (AvgIpc) is 3.36. The summed E-state index contributed by atoms with van der Waals surface area (Å²) in [6.07, 6.45) is 0.868. The molecule has 154 valence electrons. The number of rotatable bonds is 5. The maximum Gasteiger partial charge on any atom is 0.227 e. The van der Waals surface area contributed by atoms with E-state index in [2.05, 4.69) is 59.8 Å². The Labute approximate surface area is 171 Å². The van der Waals surface area contributed by atoms with Gasteiger partial charge in [-0.2, -0.15) is 0 Å². The molecule has 1 fully saturated rings. The number of aryl methyl sites for hydroxylation is 3. The van der Waals surface area contributed by atoms with Crippen molar-refractivity contribution in [2.24, 2.45) is 5.92 Å². The lowest BCUT2D eigenvalue weighted by atomic mass is 9.90. The van der Waals surface area contributed by atoms with E-state index in [0.29, 0.717) is 6.54 Å². The topological polar surface area (TPSA) is 80.9 Å². The maximum atomic E-state index is 13.4. The Morgan fingerprint density at radius 2 is 2.00 bits per heavy atom. The summed E-state index contributed by atoms with van der Waals surface area (Å²) in [5.74, 6) is 1.97. The van der Waals surface area contributed by atoms with Crippen LogP contribution >= 0.6 is 0 Å². The Morgan fingerprint density at radius 3 is 2.72 bits per heavy atom. The normalized spacial score (nSPS) is 19.9. The summed E-state index contributed by atoms with van der Waals surface area (Å²) in [6, 6.07) is 6.15. The van der Waals surface area contributed by atoms with Crippen LogP contribution < -0.4 is 0 Å². The molecule has 1 amide bonds. The Balaban J connectivity index is 1.53. The number of imidazole rings is 2. The van der Waals surface area contributed by atoms with Gasteiger partial charge in [-0.15, -0.1) is 0 Å². The molecule has 29 heavy (non-hydrogen) atoms. The predicted molar refractivity (Wildman–Crippen MR) is 114 cm³/mol. The van der Waals surface area contributed by atoms with Crippen LogP contribution in [0.5, 0.6) is 0 Å². The van der Waals surface area contributed by atoms with Gasteiger partial charge in [-0.1, -0.05) is 13.0 Å². The van der Waals surface area contributed by atoms with Crippen LogP contribution in [0, 0.1) is 19.8 Å². The van der Waals surface area contributed by atoms with Crippen molar-refractivity contribution in [1.82, 2.24) is 29.7 Å². The highest BCUT2D eigenvalue weighted by molar-refractivity contribution is 5.80. The van der Waals surface area contributed by atoms with E-state index in [1.54, 1.807) is 4.90 Å². The number of fused-ring (bicyclic) bond motifs is 1. The maximum absolute atomic E-state index is 13.4. The second-order valence-electron chi connectivity index (χ2n) is 8.38. The molecule has 2 atom stereocenters. The first-order chi connectivity index (χ1) is 13.9. The van der Waals surface area contributed by atoms with Crippen molar-refractivity contribution >= 4 is 16.9 Å². The van der Waals surface area contributed by atoms with Crippen LogP contribution in [0.2, 0.25) is 0 Å². The third-order valence-corrected chi connectivity index (χ3v) is 5.93. The third kappa shape index (κ3) is 3.79. The first-order valence-electron chi connectivity index (χ1n) is 10.3. The number of carbonyl (C=O) groups excluding carboxylic acids is 1. The fourth-order valence-corrected chi connectivity index (χ4v) is 4.43. The van der Waals surface area contributed by atoms with Gasteiger partial charge in [0, 0.05) is 38.2 Å². The number of nitrogens with one attached hydrogen (secondary N) is 2. The van der Waals surface area contributed by atoms with E-state index in [-0.39, 0.29) is 17.7 Å². The quantitative estimate of drug-likeness (QED) is 0.697. The first-order valence-corrected chi connectivity index (χ1v) is 10.3. The zero-order valence-corrected chi connectivity index (χ0v) is 17.9. The average molecular weight is 395 g/mol. The van der Waals surface area contributed by atoms with Crippen LogP contribution in [0.15, 0.2) is 18.2 Å². The molecule has 7 nitrogen and oxygen atoms in total. The monoisotopic (exact) mass is 394 g/mol. The van der Waals surface area contributed by atoms with Crippen molar-refractivity contribution in [3.05, 3.63) is 46.8 Å². The van der Waals surface area contributed by atoms with Crippen LogP contribution in [0.1, 0.15) is 41.4 Å². The van der Waals surface area contributed by atoms with E-state index in [1.807, 2.05) is 13.1 Å². The van der Waals surface area contributed by atoms with Crippen LogP contribution in [0.4, 0.5) is 0 Å². The Hall–Kier alpha value is -2.67. The molecule has 0 saturated carbocycles. The van der Waals surface area contributed by atoms with E-state index >= 15 is 0 Å². The second-order valence-corrected chi connectivity index (χ2v) is 8.38. The van der Waals surface area contributed by atoms with Crippen molar-refractivity contribution in [2.75, 3.05) is 27.2 Å². The standard InChI is InChI=1S/C22H30N6O/c1-6-19-23-14(3)21(26-19)15-10-27(4)11-16(15)22(29)28(5)12-20-24-17-8-7-13(2)9-18(17)25-20/h7-9,15-16H,6,10-12H2,1-5H3,(H,23,26)(H,24,25)/t15-,16-/m1/s1. The number of hydrogen-bond acceptors (Lipinski definition) is 4. The lowest BCUT2D eigenvalue weighted by Gasteiger charge is -2.23. The van der Waals surface area contributed by atoms with Crippen molar-refractivity contribution in [1.29, 1.82) is 0 Å². The lowest BCUT2D eigenvalue weighted by molar-refractivity contribution is -0.134. The second kappa shape index (κ2) is 7.63. The summed E-state index contributed by atoms with van der Waals surface area (Å²) in [4.78, 5) is 33.5. The van der Waals surface area contributed by atoms with Gasteiger partial charge in [0.15, 0.2) is 0 Å². The molecule has 0 radical (unpaired) electrons. The van der Waals surface area contributed by atoms with E-state index in [4.69, 9.17) is 4.98 Å². The zero-order valence-electron chi connectivity index (χ0n) is 17.9. The van der Waals surface area contributed by atoms with Gasteiger partial charge in [0.25, 0.3) is 0 Å². The van der Waals surface area contributed by atoms with Gasteiger partial charge < -0.3 is 19.8 Å². The van der Waals surface area contributed by atoms with E-state index in [1.165, 1.54) is 5.56 Å². The molecule has 4 rings (SSSR count). The molecular formula is C22H30N6O. The minimum atomic E-state index is -0.0941. The number of likely N-dealkylation sites (tertiary alicyclic amines) is 1. The SMILES string of the molecule is CCc1nc([C@@H]2CN(C)C[C@H]2C(=O)N(C)Cc2nc3ccc(C)cc3[nH]2)c(C)[nH]1. The fourth-order valence-electron chi connectivity index (χ4n) is 4.43. The molecule has 7 heteroatoms. The fraction of sp³-hybridized carbons (Fsp3) is 0.500. The van der Waals surface area contributed by atoms with Gasteiger partial charge >= 0.3 is 0 Å². The zero-order chi connectivity index (χ0) is 20.7. The Kier molecular flexibility index (Phi) is 5.17. The first kappa shape index (κ1) is 19.6. The van der Waals surface area contributed by atoms with Crippen LogP contribution in [-0.2, 0) is 17.8 Å². The summed E-state index contributed by atoms with van der Waals surface area (Å²) >= 11 is 0. The summed E-state index contributed by atoms with van der Waals surface area (Å²) in [7, 11) is 3.94. The molecule has 3 aromatic rings. The van der Waals surface area contributed by atoms with Gasteiger partial charge in [0.05, 0.1) is 29.2 Å². The predicted octanol–water partition coefficient (Wildman–Crippen LogP) is 2.77. The summed E-state index contributed by atoms with van der Waals surface area (Å²) in [5, 5.41) is 0. The molecule has 0 unspecified atom stereocenters. The smallest absolute Gasteiger partial charge is 0.227 e. The van der Waals surface area contributed by atoms with Crippen molar-refractivity contribution in [3.8, 4) is 0 Å². The van der Waals surface area contributed by atoms with E-state index in [9.17, 15) is 4.79 Å². The van der Waals surface area contributed by atoms with E-state index < -0.39 is 0 Å². The highest BCUT2D eigenvalue weighted by Gasteiger charge is 2.40. The Morgan fingerprint density at radius 1 is 1.21 bits per heavy atom. The number of aromatic nitrogens is 4. The van der Waals surface area contributed by atoms with Crippen LogP contribution in [0.25, 0.3) is 11.0 Å². The lowest BCUT2D eigenvalue weighted by Crippen LogP contribution is -2.36. The van der Waals surface area contributed by atoms with Crippen molar-refractivity contribution in [2.45, 2.75) is 39.7 Å². The van der Waals surface area contributed by atoms with Gasteiger partial charge in [0.1, 0.15) is 11.6 Å². The number of aromatic amines is 2. The highest BCUT2D eigenvalue weighted by atomic mass is 16.2. The molecule has 1 saturated heterocycles. The number of hydrogen-bond donors (Lipinski definition) is 2. The summed E-state index contributed by atoms with van der Waals surface area (Å²) in [6.45, 7) is 8.28. The minimum absolute atomic E-state index is 0.0941. The largest absolute Gasteiger partial charge is 0.346 e. The van der Waals surface area contributed by atoms with Crippen LogP contribution in [0.3, 0.4) is 0 Å². The van der Waals surface area contributed by atoms with Crippen molar-refractivity contribution in [3.63, 3.8) is 0 Å². The van der Waals surface area contributed by atoms with Gasteiger partial charge in [0.2, 0.25) is 5.91 Å². The molecule has 0 aliphatic carbocycles. The van der Waals surface area contributed by atoms with Crippen LogP contribution in [-0.4, -0.2) is 62.8 Å². The number of benzene rings is 1. The molecular weight excluding hydrogens is 364 g/mol. The molecule has 3 heterocycles. The number of amides is 1. The van der Waals surface area contributed by atoms with E-state index in [0.717, 1.165) is 53.6 Å². The molecule has 0 spiro atoms. The van der Waals surface area contributed by atoms with Gasteiger partial charge in [-0.3, -0.25) is 4.79 Å². The van der Waals surface area contributed by atoms with Gasteiger partial charge in [-0.25, -0.2) is 9.97 Å². The number of carbonyl (C=O) groups is 1. The van der Waals surface area contributed by atoms with Gasteiger partial charge in [-0.05, 0) is 38.6 Å². The molecule has 2 N–H and O–H groups in total. The summed E-state index contributed by atoms with van der Waals surface area (Å²) < 4.78 is 0. The molecule has 1 aliphatic heterocycles. The molecule has 2 aromatic heterocycles. The third-order valence-electron chi connectivity index (χ3n) is 5.93. The number of nitrogens with zero attached hydrogens (tertiary/aromatic N) is 4. The number of H-pyrrole nitrogens is 2. The summed E-state index contributed by atoms with van der Waals surface area (Å²) in [5.41, 5.74) is 5.25. The Bertz CT molecular complexity index is 1040. The van der Waals surface area contributed by atoms with Crippen molar-refractivity contribution < 1.29 is 4.79 Å².